The monoisotopic (exact) mass is 270 g/mol. The molecule has 0 bridgehead atoms. The second-order valence-electron chi connectivity index (χ2n) is 5.50. The molecular formula is C14H30N4O. The molecule has 0 aliphatic carbocycles. The first kappa shape index (κ1) is 17.7. The highest BCUT2D eigenvalue weighted by Gasteiger charge is 2.08. The number of nitrogens with one attached hydrogen (secondary N) is 2. The van der Waals surface area contributed by atoms with Crippen molar-refractivity contribution < 1.29 is 4.79 Å². The third-order valence-corrected chi connectivity index (χ3v) is 2.78. The van der Waals surface area contributed by atoms with Crippen LogP contribution in [0.15, 0.2) is 4.99 Å². The smallest absolute Gasteiger partial charge is 0.243 e. The van der Waals surface area contributed by atoms with E-state index in [9.17, 15) is 4.79 Å². The van der Waals surface area contributed by atoms with E-state index in [-0.39, 0.29) is 12.5 Å². The fourth-order valence-corrected chi connectivity index (χ4v) is 1.50. The molecule has 1 atom stereocenters. The van der Waals surface area contributed by atoms with Crippen LogP contribution in [0.3, 0.4) is 0 Å². The van der Waals surface area contributed by atoms with Gasteiger partial charge >= 0.3 is 0 Å². The molecule has 1 unspecified atom stereocenters. The van der Waals surface area contributed by atoms with Crippen LogP contribution in [0, 0.1) is 5.92 Å². The molecule has 0 heterocycles. The Morgan fingerprint density at radius 1 is 1.21 bits per heavy atom. The van der Waals surface area contributed by atoms with Gasteiger partial charge in [0.1, 0.15) is 6.54 Å². The quantitative estimate of drug-likeness (QED) is 0.544. The lowest BCUT2D eigenvalue weighted by atomic mass is 10.0. The van der Waals surface area contributed by atoms with Gasteiger partial charge in [0.05, 0.1) is 0 Å². The fraction of sp³-hybridized carbons (Fsp3) is 0.857. The lowest BCUT2D eigenvalue weighted by Crippen LogP contribution is -2.43. The maximum Gasteiger partial charge on any atom is 0.243 e. The maximum absolute atomic E-state index is 11.5. The minimum Gasteiger partial charge on any atom is -0.357 e. The molecule has 2 N–H and O–H groups in total. The van der Waals surface area contributed by atoms with Crippen LogP contribution < -0.4 is 10.6 Å². The van der Waals surface area contributed by atoms with E-state index in [1.807, 2.05) is 6.92 Å². The molecule has 5 heteroatoms. The molecule has 112 valence electrons. The summed E-state index contributed by atoms with van der Waals surface area (Å²) in [5.41, 5.74) is 0. The molecule has 1 amide bonds. The molecule has 0 saturated carbocycles. The zero-order valence-corrected chi connectivity index (χ0v) is 13.3. The van der Waals surface area contributed by atoms with Gasteiger partial charge in [0.15, 0.2) is 5.96 Å². The van der Waals surface area contributed by atoms with Crippen molar-refractivity contribution in [2.45, 2.75) is 46.6 Å². The first-order valence-electron chi connectivity index (χ1n) is 7.11. The molecular weight excluding hydrogens is 240 g/mol. The Kier molecular flexibility index (Phi) is 9.00. The Morgan fingerprint density at radius 3 is 2.32 bits per heavy atom. The molecule has 0 aromatic heterocycles. The molecule has 0 radical (unpaired) electrons. The minimum atomic E-state index is 0.00652. The van der Waals surface area contributed by atoms with Crippen molar-refractivity contribution in [2.75, 3.05) is 27.2 Å². The normalized spacial score (nSPS) is 13.3. The van der Waals surface area contributed by atoms with E-state index in [1.165, 1.54) is 6.42 Å². The Bertz CT molecular complexity index is 287. The molecule has 0 rings (SSSR count). The van der Waals surface area contributed by atoms with Crippen LogP contribution in [0.4, 0.5) is 0 Å². The van der Waals surface area contributed by atoms with E-state index >= 15 is 0 Å². The van der Waals surface area contributed by atoms with Gasteiger partial charge < -0.3 is 15.5 Å². The van der Waals surface area contributed by atoms with Gasteiger partial charge in [-0.1, -0.05) is 13.8 Å². The number of guanidine groups is 1. The van der Waals surface area contributed by atoms with Gasteiger partial charge in [-0.05, 0) is 32.6 Å². The highest BCUT2D eigenvalue weighted by atomic mass is 16.2. The predicted octanol–water partition coefficient (Wildman–Crippen LogP) is 1.45. The molecule has 0 aliphatic heterocycles. The first-order valence-corrected chi connectivity index (χ1v) is 7.11. The van der Waals surface area contributed by atoms with Gasteiger partial charge in [0.2, 0.25) is 5.91 Å². The van der Waals surface area contributed by atoms with Crippen LogP contribution in [0.2, 0.25) is 0 Å². The second kappa shape index (κ2) is 9.64. The van der Waals surface area contributed by atoms with Crippen LogP contribution in [-0.4, -0.2) is 50.0 Å². The van der Waals surface area contributed by atoms with Gasteiger partial charge in [-0.25, -0.2) is 4.99 Å². The second-order valence-corrected chi connectivity index (χ2v) is 5.50. The van der Waals surface area contributed by atoms with Crippen molar-refractivity contribution in [2.24, 2.45) is 10.9 Å². The highest BCUT2D eigenvalue weighted by Crippen LogP contribution is 2.06. The Hall–Kier alpha value is -1.26. The minimum absolute atomic E-state index is 0.00652. The van der Waals surface area contributed by atoms with E-state index in [1.54, 1.807) is 19.0 Å². The lowest BCUT2D eigenvalue weighted by molar-refractivity contribution is -0.127. The molecule has 5 nitrogen and oxygen atoms in total. The molecule has 0 saturated heterocycles. The number of carbonyl (C=O) groups excluding carboxylic acids is 1. The zero-order valence-electron chi connectivity index (χ0n) is 13.3. The van der Waals surface area contributed by atoms with E-state index in [0.29, 0.717) is 17.9 Å². The number of rotatable bonds is 7. The van der Waals surface area contributed by atoms with Crippen molar-refractivity contribution in [1.82, 2.24) is 15.5 Å². The lowest BCUT2D eigenvalue weighted by Gasteiger charge is -2.18. The van der Waals surface area contributed by atoms with Crippen LogP contribution in [-0.2, 0) is 4.79 Å². The summed E-state index contributed by atoms with van der Waals surface area (Å²) in [5.74, 6) is 1.43. The number of hydrogen-bond donors (Lipinski definition) is 2. The van der Waals surface area contributed by atoms with Gasteiger partial charge in [-0.15, -0.1) is 0 Å². The van der Waals surface area contributed by atoms with Gasteiger partial charge in [0, 0.05) is 26.7 Å². The summed E-state index contributed by atoms with van der Waals surface area (Å²) in [4.78, 5) is 17.4. The van der Waals surface area contributed by atoms with Crippen molar-refractivity contribution in [3.8, 4) is 0 Å². The number of nitrogens with zero attached hydrogens (tertiary/aromatic N) is 2. The van der Waals surface area contributed by atoms with Gasteiger partial charge in [0.25, 0.3) is 0 Å². The molecule has 0 aliphatic rings. The zero-order chi connectivity index (χ0) is 14.8. The summed E-state index contributed by atoms with van der Waals surface area (Å²) < 4.78 is 0. The number of aliphatic imine (C=N–C) groups is 1. The van der Waals surface area contributed by atoms with E-state index < -0.39 is 0 Å². The molecule has 0 spiro atoms. The summed E-state index contributed by atoms with van der Waals surface area (Å²) in [6, 6.07) is 0.356. The van der Waals surface area contributed by atoms with E-state index in [2.05, 4.69) is 36.4 Å². The third kappa shape index (κ3) is 9.33. The van der Waals surface area contributed by atoms with Crippen LogP contribution in [0.5, 0.6) is 0 Å². The third-order valence-electron chi connectivity index (χ3n) is 2.78. The summed E-state index contributed by atoms with van der Waals surface area (Å²) in [5, 5.41) is 6.50. The fourth-order valence-electron chi connectivity index (χ4n) is 1.50. The average Bonchev–Trinajstić information content (AvgIpc) is 2.33. The standard InChI is InChI=1S/C14H30N4O/c1-7-15-14(16-10-13(19)18(5)6)17-12(4)9-8-11(2)3/h11-12H,7-10H2,1-6H3,(H2,15,16,17). The van der Waals surface area contributed by atoms with Crippen molar-refractivity contribution >= 4 is 11.9 Å². The molecule has 19 heavy (non-hydrogen) atoms. The topological polar surface area (TPSA) is 56.7 Å². The Labute approximate surface area is 117 Å². The van der Waals surface area contributed by atoms with Crippen molar-refractivity contribution in [3.63, 3.8) is 0 Å². The van der Waals surface area contributed by atoms with E-state index in [0.717, 1.165) is 13.0 Å². The van der Waals surface area contributed by atoms with Crippen LogP contribution >= 0.6 is 0 Å². The van der Waals surface area contributed by atoms with Crippen molar-refractivity contribution in [1.29, 1.82) is 0 Å². The van der Waals surface area contributed by atoms with Gasteiger partial charge in [-0.3, -0.25) is 4.79 Å². The molecule has 0 aromatic carbocycles. The highest BCUT2D eigenvalue weighted by molar-refractivity contribution is 5.84. The van der Waals surface area contributed by atoms with E-state index in [4.69, 9.17) is 0 Å². The predicted molar refractivity (Wildman–Crippen MR) is 81.3 cm³/mol. The van der Waals surface area contributed by atoms with Crippen LogP contribution in [0.25, 0.3) is 0 Å². The Morgan fingerprint density at radius 2 is 1.84 bits per heavy atom. The van der Waals surface area contributed by atoms with Gasteiger partial charge in [-0.2, -0.15) is 0 Å². The molecule has 0 aromatic rings. The molecule has 0 fully saturated rings. The number of hydrogen-bond acceptors (Lipinski definition) is 2. The van der Waals surface area contributed by atoms with Crippen molar-refractivity contribution in [3.05, 3.63) is 0 Å². The summed E-state index contributed by atoms with van der Waals surface area (Å²) >= 11 is 0. The Balaban J connectivity index is 4.30. The summed E-state index contributed by atoms with van der Waals surface area (Å²) in [6.45, 7) is 9.58. The average molecular weight is 270 g/mol. The summed E-state index contributed by atoms with van der Waals surface area (Å²) in [7, 11) is 3.48. The number of amides is 1. The SMILES string of the molecule is CCNC(=NCC(=O)N(C)C)NC(C)CCC(C)C. The first-order chi connectivity index (χ1) is 8.86. The summed E-state index contributed by atoms with van der Waals surface area (Å²) in [6.07, 6.45) is 2.29. The van der Waals surface area contributed by atoms with Crippen LogP contribution in [0.1, 0.15) is 40.5 Å². The largest absolute Gasteiger partial charge is 0.357 e. The number of likely N-dealkylation sites (N-methyl/N-ethyl adjacent to an activating group) is 1. The maximum atomic E-state index is 11.5. The number of carbonyl (C=O) groups is 1.